The quantitative estimate of drug-likeness (QED) is 0.307. The second-order valence-corrected chi connectivity index (χ2v) is 6.84. The summed E-state index contributed by atoms with van der Waals surface area (Å²) in [5, 5.41) is 21.0. The summed E-state index contributed by atoms with van der Waals surface area (Å²) in [5.41, 5.74) is -0.426. The van der Waals surface area contributed by atoms with Crippen molar-refractivity contribution in [2.75, 3.05) is 6.54 Å². The van der Waals surface area contributed by atoms with Crippen LogP contribution in [0.2, 0.25) is 0 Å². The van der Waals surface area contributed by atoms with E-state index in [-0.39, 0.29) is 18.2 Å². The van der Waals surface area contributed by atoms with Gasteiger partial charge in [-0.2, -0.15) is 9.78 Å². The topological polar surface area (TPSA) is 160 Å². The molecule has 1 aliphatic heterocycles. The number of β-lactam (4-membered cyclic amide) rings is 1. The summed E-state index contributed by atoms with van der Waals surface area (Å²) >= 11 is 0. The van der Waals surface area contributed by atoms with Gasteiger partial charge in [-0.05, 0) is 29.8 Å². The van der Waals surface area contributed by atoms with Crippen molar-refractivity contribution in [2.24, 2.45) is 5.10 Å². The summed E-state index contributed by atoms with van der Waals surface area (Å²) in [6, 6.07) is 6.08. The highest BCUT2D eigenvalue weighted by Gasteiger charge is 2.33. The Bertz CT molecular complexity index is 1220. The Labute approximate surface area is 180 Å². The third kappa shape index (κ3) is 4.28. The van der Waals surface area contributed by atoms with Crippen LogP contribution in [0.15, 0.2) is 69.4 Å². The van der Waals surface area contributed by atoms with Crippen molar-refractivity contribution in [2.45, 2.75) is 12.1 Å². The number of nitrogens with one attached hydrogen (secondary N) is 3. The molecule has 2 aromatic heterocycles. The molecule has 3 amide bonds. The van der Waals surface area contributed by atoms with E-state index >= 15 is 0 Å². The van der Waals surface area contributed by atoms with Gasteiger partial charge in [0.05, 0.1) is 18.7 Å². The normalized spacial score (nSPS) is 16.2. The van der Waals surface area contributed by atoms with Crippen LogP contribution in [0.4, 0.5) is 4.79 Å². The maximum absolute atomic E-state index is 12.8. The van der Waals surface area contributed by atoms with Gasteiger partial charge in [-0.15, -0.1) is 0 Å². The maximum Gasteiger partial charge on any atom is 0.357 e. The van der Waals surface area contributed by atoms with Crippen LogP contribution in [-0.2, 0) is 9.59 Å². The summed E-state index contributed by atoms with van der Waals surface area (Å²) in [4.78, 5) is 49.5. The van der Waals surface area contributed by atoms with Gasteiger partial charge in [-0.3, -0.25) is 9.59 Å². The molecule has 0 bridgehead atoms. The van der Waals surface area contributed by atoms with Crippen LogP contribution in [0.5, 0.6) is 5.75 Å². The zero-order valence-corrected chi connectivity index (χ0v) is 16.5. The number of rotatable bonds is 6. The van der Waals surface area contributed by atoms with E-state index in [2.05, 4.69) is 21.1 Å². The van der Waals surface area contributed by atoms with Gasteiger partial charge in [0.2, 0.25) is 11.8 Å². The van der Waals surface area contributed by atoms with Crippen molar-refractivity contribution in [1.82, 2.24) is 25.2 Å². The van der Waals surface area contributed by atoms with Gasteiger partial charge in [0.25, 0.3) is 0 Å². The van der Waals surface area contributed by atoms with Gasteiger partial charge < -0.3 is 25.5 Å². The van der Waals surface area contributed by atoms with Gasteiger partial charge in [-0.25, -0.2) is 14.2 Å². The Morgan fingerprint density at radius 2 is 2.00 bits per heavy atom. The van der Waals surface area contributed by atoms with Crippen LogP contribution in [0, 0.1) is 0 Å². The van der Waals surface area contributed by atoms with Gasteiger partial charge in [0, 0.05) is 12.7 Å². The molecule has 1 aromatic carbocycles. The van der Waals surface area contributed by atoms with E-state index in [1.807, 2.05) is 0 Å². The van der Waals surface area contributed by atoms with Gasteiger partial charge in [-0.1, -0.05) is 12.1 Å². The van der Waals surface area contributed by atoms with Crippen molar-refractivity contribution in [3.8, 4) is 5.75 Å². The first kappa shape index (κ1) is 20.7. The zero-order chi connectivity index (χ0) is 22.7. The Hall–Kier alpha value is -4.61. The standard InChI is InChI=1S/C20H18N6O6/c27-13-5-3-12(4-6-13)16(18(29)23-15-11-21-17(15)28)24-19(30)25-7-8-26(20(25)31)22-10-14-2-1-9-32-14/h1-10,15-16,27H,11H2,(H,21,28)(H,23,29)(H,24,30). The first-order valence-electron chi connectivity index (χ1n) is 9.48. The molecule has 164 valence electrons. The summed E-state index contributed by atoms with van der Waals surface area (Å²) in [6.07, 6.45) is 5.22. The fourth-order valence-corrected chi connectivity index (χ4v) is 2.91. The highest BCUT2D eigenvalue weighted by molar-refractivity contribution is 5.95. The predicted octanol–water partition coefficient (Wildman–Crippen LogP) is -0.256. The second-order valence-electron chi connectivity index (χ2n) is 6.84. The van der Waals surface area contributed by atoms with Gasteiger partial charge in [0.15, 0.2) is 0 Å². The lowest BCUT2D eigenvalue weighted by molar-refractivity contribution is -0.134. The Balaban J connectivity index is 1.54. The molecule has 1 aliphatic rings. The van der Waals surface area contributed by atoms with Crippen LogP contribution in [-0.4, -0.2) is 51.0 Å². The second kappa shape index (κ2) is 8.63. The maximum atomic E-state index is 12.8. The number of carbonyl (C=O) groups is 3. The van der Waals surface area contributed by atoms with Crippen molar-refractivity contribution in [3.05, 3.63) is 76.9 Å². The number of carbonyl (C=O) groups excluding carboxylic acids is 3. The molecule has 1 fully saturated rings. The fraction of sp³-hybridized carbons (Fsp3) is 0.150. The van der Waals surface area contributed by atoms with E-state index in [4.69, 9.17) is 4.42 Å². The number of phenolic OH excluding ortho intramolecular Hbond substituents is 1. The zero-order valence-electron chi connectivity index (χ0n) is 16.5. The fourth-order valence-electron chi connectivity index (χ4n) is 2.91. The highest BCUT2D eigenvalue weighted by Crippen LogP contribution is 2.18. The molecule has 3 heterocycles. The SMILES string of the molecule is O=C1NCC1NC(=O)C(NC(=O)n1ccn(N=Cc2ccco2)c1=O)c1ccc(O)cc1. The molecule has 12 nitrogen and oxygen atoms in total. The smallest absolute Gasteiger partial charge is 0.357 e. The molecule has 0 radical (unpaired) electrons. The summed E-state index contributed by atoms with van der Waals surface area (Å²) in [7, 11) is 0. The molecule has 4 N–H and O–H groups in total. The lowest BCUT2D eigenvalue weighted by atomic mass is 10.0. The van der Waals surface area contributed by atoms with Crippen LogP contribution >= 0.6 is 0 Å². The van der Waals surface area contributed by atoms with E-state index in [0.717, 1.165) is 9.24 Å². The van der Waals surface area contributed by atoms with Crippen molar-refractivity contribution >= 4 is 24.1 Å². The lowest BCUT2D eigenvalue weighted by Crippen LogP contribution is -2.63. The van der Waals surface area contributed by atoms with Crippen molar-refractivity contribution in [3.63, 3.8) is 0 Å². The van der Waals surface area contributed by atoms with Gasteiger partial charge >= 0.3 is 11.7 Å². The molecular weight excluding hydrogens is 420 g/mol. The van der Waals surface area contributed by atoms with Crippen LogP contribution in [0.3, 0.4) is 0 Å². The minimum atomic E-state index is -1.22. The highest BCUT2D eigenvalue weighted by atomic mass is 16.3. The number of hydrogen-bond donors (Lipinski definition) is 4. The molecule has 3 aromatic rings. The molecule has 32 heavy (non-hydrogen) atoms. The average Bonchev–Trinajstić information content (AvgIpc) is 3.43. The van der Waals surface area contributed by atoms with E-state index in [1.54, 1.807) is 12.1 Å². The monoisotopic (exact) mass is 438 g/mol. The Kier molecular flexibility index (Phi) is 5.57. The third-order valence-corrected chi connectivity index (χ3v) is 4.70. The summed E-state index contributed by atoms with van der Waals surface area (Å²) in [5.74, 6) is -0.595. The molecule has 4 rings (SSSR count). The Morgan fingerprint density at radius 1 is 1.22 bits per heavy atom. The van der Waals surface area contributed by atoms with E-state index in [1.165, 1.54) is 49.1 Å². The number of hydrogen-bond acceptors (Lipinski definition) is 7. The average molecular weight is 438 g/mol. The number of benzene rings is 1. The van der Waals surface area contributed by atoms with Crippen molar-refractivity contribution in [1.29, 1.82) is 0 Å². The summed E-state index contributed by atoms with van der Waals surface area (Å²) in [6.45, 7) is 0.275. The number of nitrogens with zero attached hydrogens (tertiary/aromatic N) is 3. The minimum absolute atomic E-state index is 0.0275. The first-order valence-corrected chi connectivity index (χ1v) is 9.48. The number of aromatic nitrogens is 2. The van der Waals surface area contributed by atoms with E-state index in [0.29, 0.717) is 11.3 Å². The van der Waals surface area contributed by atoms with Crippen LogP contribution in [0.25, 0.3) is 0 Å². The number of furan rings is 1. The molecule has 0 aliphatic carbocycles. The van der Waals surface area contributed by atoms with E-state index in [9.17, 15) is 24.3 Å². The number of aromatic hydroxyl groups is 1. The van der Waals surface area contributed by atoms with Crippen LogP contribution < -0.4 is 21.6 Å². The summed E-state index contributed by atoms with van der Waals surface area (Å²) < 4.78 is 6.77. The molecule has 2 unspecified atom stereocenters. The molecular formula is C20H18N6O6. The van der Waals surface area contributed by atoms with Crippen molar-refractivity contribution < 1.29 is 23.9 Å². The number of amides is 3. The third-order valence-electron chi connectivity index (χ3n) is 4.70. The molecule has 12 heteroatoms. The largest absolute Gasteiger partial charge is 0.508 e. The van der Waals surface area contributed by atoms with Gasteiger partial charge in [0.1, 0.15) is 23.6 Å². The predicted molar refractivity (Wildman–Crippen MR) is 110 cm³/mol. The molecule has 2 atom stereocenters. The molecule has 0 saturated carbocycles. The first-order chi connectivity index (χ1) is 15.4. The van der Waals surface area contributed by atoms with Crippen LogP contribution in [0.1, 0.15) is 17.4 Å². The Morgan fingerprint density at radius 3 is 2.62 bits per heavy atom. The number of imidazole rings is 1. The lowest BCUT2D eigenvalue weighted by Gasteiger charge is -2.29. The number of phenols is 1. The molecule has 0 spiro atoms. The molecule has 1 saturated heterocycles. The minimum Gasteiger partial charge on any atom is -0.508 e. The van der Waals surface area contributed by atoms with E-state index < -0.39 is 29.7 Å².